The van der Waals surface area contributed by atoms with Crippen LogP contribution in [0, 0.1) is 0 Å². The van der Waals surface area contributed by atoms with E-state index >= 15 is 0 Å². The molecule has 102 valence electrons. The molecule has 2 aromatic rings. The zero-order valence-corrected chi connectivity index (χ0v) is 12.7. The molecule has 2 rings (SSSR count). The van der Waals surface area contributed by atoms with Gasteiger partial charge < -0.3 is 15.4 Å². The first-order valence-electron chi connectivity index (χ1n) is 5.72. The van der Waals surface area contributed by atoms with Crippen LogP contribution in [0.1, 0.15) is 15.2 Å². The van der Waals surface area contributed by atoms with E-state index in [9.17, 15) is 4.79 Å². The minimum atomic E-state index is -0.373. The predicted molar refractivity (Wildman–Crippen MR) is 80.8 cm³/mol. The Kier molecular flexibility index (Phi) is 4.24. The summed E-state index contributed by atoms with van der Waals surface area (Å²) in [4.78, 5) is 16.1. The van der Waals surface area contributed by atoms with Crippen LogP contribution in [0.2, 0.25) is 0 Å². The Bertz CT molecular complexity index is 574. The number of ether oxygens (including phenoxy) is 1. The first-order valence-corrected chi connectivity index (χ1v) is 7.42. The van der Waals surface area contributed by atoms with Crippen LogP contribution in [-0.2, 0) is 11.3 Å². The van der Waals surface area contributed by atoms with Gasteiger partial charge in [-0.2, -0.15) is 0 Å². The highest BCUT2D eigenvalue weighted by Crippen LogP contribution is 2.41. The Labute approximate surface area is 120 Å². The Morgan fingerprint density at radius 2 is 2.21 bits per heavy atom. The van der Waals surface area contributed by atoms with E-state index in [0.717, 1.165) is 21.9 Å². The molecule has 0 aliphatic carbocycles. The quantitative estimate of drug-likeness (QED) is 0.881. The van der Waals surface area contributed by atoms with Crippen molar-refractivity contribution in [2.75, 3.05) is 26.9 Å². The van der Waals surface area contributed by atoms with Crippen molar-refractivity contribution in [3.05, 3.63) is 28.0 Å². The summed E-state index contributed by atoms with van der Waals surface area (Å²) in [6, 6.07) is 3.96. The third-order valence-electron chi connectivity index (χ3n) is 2.63. The van der Waals surface area contributed by atoms with Gasteiger partial charge in [0.15, 0.2) is 0 Å². The number of nitrogen functional groups attached to an aromatic ring is 1. The highest BCUT2D eigenvalue weighted by atomic mass is 32.1. The smallest absolute Gasteiger partial charge is 0.341 e. The summed E-state index contributed by atoms with van der Waals surface area (Å²) in [6.45, 7) is 0.749. The molecule has 19 heavy (non-hydrogen) atoms. The molecule has 0 saturated carbocycles. The van der Waals surface area contributed by atoms with E-state index in [4.69, 9.17) is 10.5 Å². The molecule has 0 atom stereocenters. The van der Waals surface area contributed by atoms with Crippen LogP contribution in [0.3, 0.4) is 0 Å². The van der Waals surface area contributed by atoms with Gasteiger partial charge in [0, 0.05) is 21.9 Å². The fraction of sp³-hybridized carbons (Fsp3) is 0.308. The number of rotatable bonds is 4. The van der Waals surface area contributed by atoms with E-state index in [1.807, 2.05) is 31.6 Å². The molecule has 2 aromatic heterocycles. The molecular weight excluding hydrogens is 280 g/mol. The summed E-state index contributed by atoms with van der Waals surface area (Å²) in [7, 11) is 5.36. The van der Waals surface area contributed by atoms with Gasteiger partial charge in [0.05, 0.1) is 7.11 Å². The average Bonchev–Trinajstić information content (AvgIpc) is 2.95. The third kappa shape index (κ3) is 2.80. The minimum Gasteiger partial charge on any atom is -0.465 e. The Morgan fingerprint density at radius 3 is 2.74 bits per heavy atom. The lowest BCUT2D eigenvalue weighted by molar-refractivity contribution is 0.0603. The molecular formula is C13H16N2O2S2. The molecule has 0 saturated heterocycles. The van der Waals surface area contributed by atoms with Crippen molar-refractivity contribution in [3.63, 3.8) is 0 Å². The molecule has 2 heterocycles. The fourth-order valence-corrected chi connectivity index (χ4v) is 3.94. The molecule has 2 N–H and O–H groups in total. The number of carbonyl (C=O) groups is 1. The molecule has 4 nitrogen and oxygen atoms in total. The predicted octanol–water partition coefficient (Wildman–Crippen LogP) is 2.91. The number of hydrogen-bond donors (Lipinski definition) is 1. The Morgan fingerprint density at radius 1 is 1.47 bits per heavy atom. The van der Waals surface area contributed by atoms with Gasteiger partial charge in [-0.25, -0.2) is 4.79 Å². The molecule has 0 spiro atoms. The first kappa shape index (κ1) is 14.0. The van der Waals surface area contributed by atoms with Crippen molar-refractivity contribution in [1.29, 1.82) is 0 Å². The lowest BCUT2D eigenvalue weighted by atomic mass is 10.1. The molecule has 0 bridgehead atoms. The van der Waals surface area contributed by atoms with Crippen LogP contribution in [0.4, 0.5) is 5.00 Å². The van der Waals surface area contributed by atoms with Crippen LogP contribution in [0.5, 0.6) is 0 Å². The maximum absolute atomic E-state index is 11.9. The van der Waals surface area contributed by atoms with Crippen LogP contribution in [0.15, 0.2) is 17.5 Å². The Hall–Kier alpha value is -1.37. The van der Waals surface area contributed by atoms with E-state index in [-0.39, 0.29) is 5.97 Å². The van der Waals surface area contributed by atoms with Crippen molar-refractivity contribution in [3.8, 4) is 10.4 Å². The van der Waals surface area contributed by atoms with Crippen LogP contribution >= 0.6 is 22.7 Å². The summed E-state index contributed by atoms with van der Waals surface area (Å²) >= 11 is 3.05. The van der Waals surface area contributed by atoms with Gasteiger partial charge in [0.1, 0.15) is 10.6 Å². The van der Waals surface area contributed by atoms with Crippen LogP contribution < -0.4 is 5.73 Å². The molecule has 0 fully saturated rings. The number of thiophene rings is 2. The number of carbonyl (C=O) groups excluding carboxylic acids is 1. The molecule has 0 aliphatic rings. The van der Waals surface area contributed by atoms with Gasteiger partial charge in [-0.05, 0) is 25.5 Å². The standard InChI is InChI=1S/C13H16N2O2S2/c1-15(2)7-9-10(8-5-4-6-18-8)11(12(14)19-9)13(16)17-3/h4-6H,7,14H2,1-3H3. The zero-order chi connectivity index (χ0) is 14.0. The number of methoxy groups -OCH3 is 1. The molecule has 0 amide bonds. The van der Waals surface area contributed by atoms with E-state index in [0.29, 0.717) is 10.6 Å². The molecule has 0 aromatic carbocycles. The van der Waals surface area contributed by atoms with Crippen LogP contribution in [-0.4, -0.2) is 32.1 Å². The van der Waals surface area contributed by atoms with Gasteiger partial charge in [-0.1, -0.05) is 6.07 Å². The maximum Gasteiger partial charge on any atom is 0.341 e. The van der Waals surface area contributed by atoms with Gasteiger partial charge >= 0.3 is 5.97 Å². The zero-order valence-electron chi connectivity index (χ0n) is 11.1. The largest absolute Gasteiger partial charge is 0.465 e. The van der Waals surface area contributed by atoms with Gasteiger partial charge in [-0.3, -0.25) is 0 Å². The molecule has 0 aliphatic heterocycles. The van der Waals surface area contributed by atoms with Gasteiger partial charge in [-0.15, -0.1) is 22.7 Å². The second-order valence-corrected chi connectivity index (χ2v) is 6.43. The van der Waals surface area contributed by atoms with Crippen molar-refractivity contribution < 1.29 is 9.53 Å². The SMILES string of the molecule is COC(=O)c1c(N)sc(CN(C)C)c1-c1cccs1. The topological polar surface area (TPSA) is 55.6 Å². The van der Waals surface area contributed by atoms with E-state index < -0.39 is 0 Å². The molecule has 6 heteroatoms. The lowest BCUT2D eigenvalue weighted by Gasteiger charge is -2.10. The van der Waals surface area contributed by atoms with Crippen molar-refractivity contribution >= 4 is 33.6 Å². The van der Waals surface area contributed by atoms with Gasteiger partial charge in [0.2, 0.25) is 0 Å². The van der Waals surface area contributed by atoms with Gasteiger partial charge in [0.25, 0.3) is 0 Å². The molecule has 0 unspecified atom stereocenters. The average molecular weight is 296 g/mol. The Balaban J connectivity index is 2.60. The minimum absolute atomic E-state index is 0.373. The number of nitrogens with zero attached hydrogens (tertiary/aromatic N) is 1. The molecule has 0 radical (unpaired) electrons. The maximum atomic E-state index is 11.9. The van der Waals surface area contributed by atoms with E-state index in [2.05, 4.69) is 4.90 Å². The second kappa shape index (κ2) is 5.73. The number of hydrogen-bond acceptors (Lipinski definition) is 6. The summed E-state index contributed by atoms with van der Waals surface area (Å²) < 4.78 is 4.85. The summed E-state index contributed by atoms with van der Waals surface area (Å²) in [5.74, 6) is -0.373. The number of esters is 1. The van der Waals surface area contributed by atoms with Crippen molar-refractivity contribution in [2.45, 2.75) is 6.54 Å². The lowest BCUT2D eigenvalue weighted by Crippen LogP contribution is -2.10. The number of anilines is 1. The monoisotopic (exact) mass is 296 g/mol. The first-order chi connectivity index (χ1) is 9.04. The summed E-state index contributed by atoms with van der Waals surface area (Å²) in [5.41, 5.74) is 7.41. The number of nitrogens with two attached hydrogens (primary N) is 1. The normalized spacial score (nSPS) is 10.9. The highest BCUT2D eigenvalue weighted by molar-refractivity contribution is 7.18. The van der Waals surface area contributed by atoms with Crippen LogP contribution in [0.25, 0.3) is 10.4 Å². The summed E-state index contributed by atoms with van der Waals surface area (Å²) in [6.07, 6.45) is 0. The highest BCUT2D eigenvalue weighted by Gasteiger charge is 2.24. The second-order valence-electron chi connectivity index (χ2n) is 4.35. The van der Waals surface area contributed by atoms with E-state index in [1.165, 1.54) is 18.4 Å². The fourth-order valence-electron chi connectivity index (χ4n) is 1.88. The van der Waals surface area contributed by atoms with E-state index in [1.54, 1.807) is 11.3 Å². The summed E-state index contributed by atoms with van der Waals surface area (Å²) in [5, 5.41) is 2.51. The van der Waals surface area contributed by atoms with Crippen molar-refractivity contribution in [2.24, 2.45) is 0 Å². The third-order valence-corrected chi connectivity index (χ3v) is 4.52. The van der Waals surface area contributed by atoms with Crippen molar-refractivity contribution in [1.82, 2.24) is 4.90 Å².